The molecule has 0 aliphatic carbocycles. The zero-order valence-electron chi connectivity index (χ0n) is 11.2. The molecule has 0 bridgehead atoms. The molecule has 0 heterocycles. The Morgan fingerprint density at radius 3 is 2.75 bits per heavy atom. The lowest BCUT2D eigenvalue weighted by Gasteiger charge is -2.08. The summed E-state index contributed by atoms with van der Waals surface area (Å²) in [5.74, 6) is 0.655. The van der Waals surface area contributed by atoms with Gasteiger partial charge >= 0.3 is 5.97 Å². The molecule has 0 aromatic heterocycles. The molecular weight excluding hydrogens is 272 g/mol. The van der Waals surface area contributed by atoms with Crippen LogP contribution in [-0.4, -0.2) is 23.4 Å². The molecule has 2 rings (SSSR count). The van der Waals surface area contributed by atoms with Gasteiger partial charge in [0.1, 0.15) is 5.75 Å². The molecule has 0 fully saturated rings. The van der Waals surface area contributed by atoms with Crippen molar-refractivity contribution in [3.05, 3.63) is 59.7 Å². The van der Waals surface area contributed by atoms with Crippen LogP contribution in [0.15, 0.2) is 53.4 Å². The molecule has 2 aromatic carbocycles. The minimum Gasteiger partial charge on any atom is -0.493 e. The molecule has 3 nitrogen and oxygen atoms in total. The van der Waals surface area contributed by atoms with Crippen molar-refractivity contribution in [3.63, 3.8) is 0 Å². The monoisotopic (exact) mass is 288 g/mol. The van der Waals surface area contributed by atoms with E-state index in [4.69, 9.17) is 9.84 Å². The van der Waals surface area contributed by atoms with Gasteiger partial charge in [0.2, 0.25) is 0 Å². The zero-order chi connectivity index (χ0) is 14.4. The third-order valence-electron chi connectivity index (χ3n) is 2.72. The van der Waals surface area contributed by atoms with E-state index in [-0.39, 0.29) is 0 Å². The minimum absolute atomic E-state index is 0.341. The van der Waals surface area contributed by atoms with Crippen LogP contribution in [0.25, 0.3) is 0 Å². The summed E-state index contributed by atoms with van der Waals surface area (Å²) in [5, 5.41) is 9.09. The van der Waals surface area contributed by atoms with Gasteiger partial charge in [0.05, 0.1) is 12.2 Å². The van der Waals surface area contributed by atoms with Crippen molar-refractivity contribution < 1.29 is 14.6 Å². The summed E-state index contributed by atoms with van der Waals surface area (Å²) in [6.45, 7) is 2.56. The second-order valence-electron chi connectivity index (χ2n) is 4.31. The number of hydrogen-bond donors (Lipinski definition) is 1. The van der Waals surface area contributed by atoms with Gasteiger partial charge in [-0.3, -0.25) is 0 Å². The Kier molecular flexibility index (Phi) is 5.07. The van der Waals surface area contributed by atoms with Gasteiger partial charge in [0.25, 0.3) is 0 Å². The Hall–Kier alpha value is -1.94. The fourth-order valence-electron chi connectivity index (χ4n) is 1.79. The van der Waals surface area contributed by atoms with Crippen LogP contribution in [0.5, 0.6) is 5.75 Å². The number of benzene rings is 2. The van der Waals surface area contributed by atoms with Crippen molar-refractivity contribution in [2.75, 3.05) is 12.4 Å². The summed E-state index contributed by atoms with van der Waals surface area (Å²) in [6.07, 6.45) is 0. The molecule has 0 spiro atoms. The van der Waals surface area contributed by atoms with Gasteiger partial charge in [-0.2, -0.15) is 0 Å². The first-order valence-electron chi connectivity index (χ1n) is 6.31. The van der Waals surface area contributed by atoms with Crippen molar-refractivity contribution in [1.82, 2.24) is 0 Å². The van der Waals surface area contributed by atoms with E-state index in [9.17, 15) is 4.79 Å². The molecular formula is C16H16O3S. The molecule has 0 amide bonds. The van der Waals surface area contributed by atoms with Gasteiger partial charge < -0.3 is 9.84 Å². The van der Waals surface area contributed by atoms with Gasteiger partial charge in [0, 0.05) is 10.6 Å². The average Bonchev–Trinajstić information content (AvgIpc) is 2.44. The number of aromatic carboxylic acids is 1. The Bertz CT molecular complexity index is 596. The fraction of sp³-hybridized carbons (Fsp3) is 0.188. The molecule has 104 valence electrons. The van der Waals surface area contributed by atoms with E-state index in [0.717, 1.165) is 16.2 Å². The predicted octanol–water partition coefficient (Wildman–Crippen LogP) is 3.86. The number of rotatable bonds is 6. The molecule has 20 heavy (non-hydrogen) atoms. The Labute approximate surface area is 122 Å². The average molecular weight is 288 g/mol. The molecule has 4 heteroatoms. The van der Waals surface area contributed by atoms with Crippen LogP contribution in [0.4, 0.5) is 0 Å². The SMILES string of the molecule is Cc1cccc(OCCSc2ccccc2C(=O)O)c1. The second kappa shape index (κ2) is 7.01. The molecule has 0 saturated heterocycles. The van der Waals surface area contributed by atoms with Gasteiger partial charge in [-0.05, 0) is 36.8 Å². The number of ether oxygens (including phenoxy) is 1. The lowest BCUT2D eigenvalue weighted by atomic mass is 10.2. The molecule has 0 aliphatic rings. The van der Waals surface area contributed by atoms with E-state index in [1.165, 1.54) is 11.8 Å². The maximum Gasteiger partial charge on any atom is 0.336 e. The van der Waals surface area contributed by atoms with Crippen LogP contribution in [0, 0.1) is 6.92 Å². The zero-order valence-corrected chi connectivity index (χ0v) is 12.0. The largest absolute Gasteiger partial charge is 0.493 e. The number of aryl methyl sites for hydroxylation is 1. The summed E-state index contributed by atoms with van der Waals surface area (Å²) >= 11 is 1.49. The molecule has 0 unspecified atom stereocenters. The molecule has 2 aromatic rings. The summed E-state index contributed by atoms with van der Waals surface area (Å²) in [4.78, 5) is 11.8. The molecule has 0 aliphatic heterocycles. The first kappa shape index (κ1) is 14.5. The molecule has 1 N–H and O–H groups in total. The third-order valence-corrected chi connectivity index (χ3v) is 3.75. The highest BCUT2D eigenvalue weighted by molar-refractivity contribution is 7.99. The van der Waals surface area contributed by atoms with Crippen molar-refractivity contribution in [2.45, 2.75) is 11.8 Å². The molecule has 0 radical (unpaired) electrons. The maximum atomic E-state index is 11.1. The Morgan fingerprint density at radius 2 is 2.00 bits per heavy atom. The highest BCUT2D eigenvalue weighted by atomic mass is 32.2. The van der Waals surface area contributed by atoms with E-state index in [0.29, 0.717) is 17.9 Å². The number of thioether (sulfide) groups is 1. The highest BCUT2D eigenvalue weighted by Crippen LogP contribution is 2.22. The first-order valence-corrected chi connectivity index (χ1v) is 7.30. The van der Waals surface area contributed by atoms with Gasteiger partial charge in [-0.25, -0.2) is 4.79 Å². The van der Waals surface area contributed by atoms with Crippen LogP contribution in [-0.2, 0) is 0 Å². The van der Waals surface area contributed by atoms with E-state index >= 15 is 0 Å². The summed E-state index contributed by atoms with van der Waals surface area (Å²) in [6, 6.07) is 14.9. The second-order valence-corrected chi connectivity index (χ2v) is 5.45. The summed E-state index contributed by atoms with van der Waals surface area (Å²) < 4.78 is 5.64. The van der Waals surface area contributed by atoms with Crippen molar-refractivity contribution in [2.24, 2.45) is 0 Å². The van der Waals surface area contributed by atoms with Gasteiger partial charge in [-0.1, -0.05) is 24.3 Å². The number of carboxylic acid groups (broad SMARTS) is 1. The lowest BCUT2D eigenvalue weighted by Crippen LogP contribution is -2.02. The topological polar surface area (TPSA) is 46.5 Å². The van der Waals surface area contributed by atoms with E-state index in [1.54, 1.807) is 12.1 Å². The number of hydrogen-bond acceptors (Lipinski definition) is 3. The first-order chi connectivity index (χ1) is 9.66. The highest BCUT2D eigenvalue weighted by Gasteiger charge is 2.08. The van der Waals surface area contributed by atoms with Crippen LogP contribution < -0.4 is 4.74 Å². The van der Waals surface area contributed by atoms with E-state index < -0.39 is 5.97 Å². The molecule has 0 saturated carbocycles. The quantitative estimate of drug-likeness (QED) is 0.647. The van der Waals surface area contributed by atoms with Gasteiger partial charge in [0.15, 0.2) is 0 Å². The van der Waals surface area contributed by atoms with E-state index in [1.807, 2.05) is 43.3 Å². The number of carboxylic acids is 1. The van der Waals surface area contributed by atoms with Gasteiger partial charge in [-0.15, -0.1) is 11.8 Å². The minimum atomic E-state index is -0.896. The Balaban J connectivity index is 1.86. The lowest BCUT2D eigenvalue weighted by molar-refractivity contribution is 0.0693. The summed E-state index contributed by atoms with van der Waals surface area (Å²) in [7, 11) is 0. The predicted molar refractivity (Wildman–Crippen MR) is 80.8 cm³/mol. The third kappa shape index (κ3) is 4.03. The van der Waals surface area contributed by atoms with Crippen LogP contribution in [0.2, 0.25) is 0 Å². The smallest absolute Gasteiger partial charge is 0.336 e. The normalized spacial score (nSPS) is 10.2. The van der Waals surface area contributed by atoms with Crippen molar-refractivity contribution in [3.8, 4) is 5.75 Å². The number of carbonyl (C=O) groups is 1. The fourth-order valence-corrected chi connectivity index (χ4v) is 2.66. The van der Waals surface area contributed by atoms with Crippen molar-refractivity contribution in [1.29, 1.82) is 0 Å². The van der Waals surface area contributed by atoms with Crippen molar-refractivity contribution >= 4 is 17.7 Å². The van der Waals surface area contributed by atoms with E-state index in [2.05, 4.69) is 0 Å². The molecule has 0 atom stereocenters. The maximum absolute atomic E-state index is 11.1. The summed E-state index contributed by atoms with van der Waals surface area (Å²) in [5.41, 5.74) is 1.50. The van der Waals surface area contributed by atoms with Crippen LogP contribution in [0.3, 0.4) is 0 Å². The van der Waals surface area contributed by atoms with Crippen LogP contribution in [0.1, 0.15) is 15.9 Å². The standard InChI is InChI=1S/C16H16O3S/c1-12-5-4-6-13(11-12)19-9-10-20-15-8-3-2-7-14(15)16(17)18/h2-8,11H,9-10H2,1H3,(H,17,18). The Morgan fingerprint density at radius 1 is 1.20 bits per heavy atom. The van der Waals surface area contributed by atoms with Crippen LogP contribution >= 0.6 is 11.8 Å².